The molecule has 1 aliphatic carbocycles. The zero-order chi connectivity index (χ0) is 9.97. The van der Waals surface area contributed by atoms with Gasteiger partial charge in [-0.3, -0.25) is 4.79 Å². The molecule has 1 N–H and O–H groups in total. The second kappa shape index (κ2) is 3.70. The minimum absolute atomic E-state index is 0.0357. The number of carbonyl (C=O) groups excluding carboxylic acids is 1. The first-order chi connectivity index (χ1) is 6.79. The number of benzene rings is 1. The van der Waals surface area contributed by atoms with Crippen LogP contribution in [-0.2, 0) is 0 Å². The second-order valence-electron chi connectivity index (χ2n) is 3.42. The lowest BCUT2D eigenvalue weighted by Gasteiger charge is -2.04. The molecule has 3 heteroatoms. The minimum Gasteiger partial charge on any atom is -0.490 e. The van der Waals surface area contributed by atoms with Crippen LogP contribution >= 0.6 is 0 Å². The molecule has 0 bridgehead atoms. The van der Waals surface area contributed by atoms with E-state index in [0.717, 1.165) is 12.8 Å². The number of carbonyl (C=O) groups is 1. The van der Waals surface area contributed by atoms with Gasteiger partial charge in [0.1, 0.15) is 12.9 Å². The summed E-state index contributed by atoms with van der Waals surface area (Å²) in [7, 11) is 3.30. The zero-order valence-electron chi connectivity index (χ0n) is 7.82. The van der Waals surface area contributed by atoms with Gasteiger partial charge < -0.3 is 10.1 Å². The van der Waals surface area contributed by atoms with Gasteiger partial charge >= 0.3 is 0 Å². The highest BCUT2D eigenvalue weighted by atomic mass is 16.5. The smallest absolute Gasteiger partial charge is 0.251 e. The molecule has 2 rings (SSSR count). The van der Waals surface area contributed by atoms with Gasteiger partial charge in [0.05, 0.1) is 0 Å². The van der Waals surface area contributed by atoms with E-state index in [1.54, 1.807) is 24.3 Å². The maximum absolute atomic E-state index is 11.6. The summed E-state index contributed by atoms with van der Waals surface area (Å²) < 4.78 is 4.80. The third kappa shape index (κ3) is 2.05. The van der Waals surface area contributed by atoms with Crippen LogP contribution in [0.1, 0.15) is 23.2 Å². The molecule has 1 aromatic rings. The Kier molecular flexibility index (Phi) is 2.39. The molecular weight excluding hydrogens is 178 g/mol. The lowest BCUT2D eigenvalue weighted by Crippen LogP contribution is -2.25. The maximum atomic E-state index is 11.6. The molecular formula is C11H12NO2. The predicted molar refractivity (Wildman–Crippen MR) is 52.9 cm³/mol. The fraction of sp³-hybridized carbons (Fsp3) is 0.273. The van der Waals surface area contributed by atoms with E-state index in [4.69, 9.17) is 4.74 Å². The Morgan fingerprint density at radius 2 is 2.29 bits per heavy atom. The molecule has 1 saturated carbocycles. The monoisotopic (exact) mass is 190 g/mol. The van der Waals surface area contributed by atoms with Gasteiger partial charge in [-0.25, -0.2) is 0 Å². The maximum Gasteiger partial charge on any atom is 0.251 e. The molecule has 1 amide bonds. The van der Waals surface area contributed by atoms with Gasteiger partial charge in [-0.15, -0.1) is 0 Å². The molecule has 1 aliphatic rings. The number of hydrogen-bond donors (Lipinski definition) is 1. The average Bonchev–Trinajstić information content (AvgIpc) is 3.02. The summed E-state index contributed by atoms with van der Waals surface area (Å²) in [5.41, 5.74) is 0.623. The van der Waals surface area contributed by atoms with E-state index in [9.17, 15) is 4.79 Å². The number of ether oxygens (including phenoxy) is 1. The fourth-order valence-corrected chi connectivity index (χ4v) is 1.22. The molecule has 1 fully saturated rings. The largest absolute Gasteiger partial charge is 0.490 e. The number of rotatable bonds is 3. The van der Waals surface area contributed by atoms with Gasteiger partial charge in [0, 0.05) is 11.6 Å². The summed E-state index contributed by atoms with van der Waals surface area (Å²) in [6.07, 6.45) is 2.19. The molecule has 0 atom stereocenters. The standard InChI is InChI=1S/C11H12NO2/c1-14-10-4-2-3-8(7-10)11(13)12-9-5-6-9/h2-4,7,9H,1,5-6H2,(H,12,13). The van der Waals surface area contributed by atoms with Crippen LogP contribution in [-0.4, -0.2) is 11.9 Å². The first kappa shape index (κ1) is 9.06. The Hall–Kier alpha value is -1.51. The summed E-state index contributed by atoms with van der Waals surface area (Å²) in [4.78, 5) is 11.6. The zero-order valence-corrected chi connectivity index (χ0v) is 7.82. The fourth-order valence-electron chi connectivity index (χ4n) is 1.22. The van der Waals surface area contributed by atoms with E-state index < -0.39 is 0 Å². The van der Waals surface area contributed by atoms with Crippen molar-refractivity contribution in [2.45, 2.75) is 18.9 Å². The Morgan fingerprint density at radius 3 is 2.93 bits per heavy atom. The second-order valence-corrected chi connectivity index (χ2v) is 3.42. The number of amides is 1. The van der Waals surface area contributed by atoms with Crippen LogP contribution in [0.3, 0.4) is 0 Å². The quantitative estimate of drug-likeness (QED) is 0.788. The SMILES string of the molecule is [CH2]Oc1cccc(C(=O)NC2CC2)c1. The third-order valence-corrected chi connectivity index (χ3v) is 2.18. The van der Waals surface area contributed by atoms with Gasteiger partial charge in [0.2, 0.25) is 0 Å². The van der Waals surface area contributed by atoms with Gasteiger partial charge in [-0.2, -0.15) is 0 Å². The van der Waals surface area contributed by atoms with E-state index in [1.165, 1.54) is 0 Å². The topological polar surface area (TPSA) is 38.3 Å². The van der Waals surface area contributed by atoms with Crippen molar-refractivity contribution < 1.29 is 9.53 Å². The minimum atomic E-state index is -0.0357. The molecule has 73 valence electrons. The van der Waals surface area contributed by atoms with Crippen molar-refractivity contribution in [1.82, 2.24) is 5.32 Å². The molecule has 3 nitrogen and oxygen atoms in total. The highest BCUT2D eigenvalue weighted by Crippen LogP contribution is 2.20. The van der Waals surface area contributed by atoms with E-state index in [-0.39, 0.29) is 5.91 Å². The molecule has 1 aromatic carbocycles. The van der Waals surface area contributed by atoms with Gasteiger partial charge in [0.15, 0.2) is 0 Å². The lowest BCUT2D eigenvalue weighted by molar-refractivity contribution is 0.0951. The highest BCUT2D eigenvalue weighted by molar-refractivity contribution is 5.94. The van der Waals surface area contributed by atoms with Gasteiger partial charge in [-0.1, -0.05) is 6.07 Å². The van der Waals surface area contributed by atoms with Crippen molar-refractivity contribution >= 4 is 5.91 Å². The molecule has 0 heterocycles. The molecule has 14 heavy (non-hydrogen) atoms. The molecule has 0 spiro atoms. The number of nitrogens with one attached hydrogen (secondary N) is 1. The van der Waals surface area contributed by atoms with Crippen molar-refractivity contribution in [1.29, 1.82) is 0 Å². The molecule has 1 radical (unpaired) electrons. The summed E-state index contributed by atoms with van der Waals surface area (Å²) in [5, 5.41) is 2.91. The van der Waals surface area contributed by atoms with Gasteiger partial charge in [0.25, 0.3) is 5.91 Å². The third-order valence-electron chi connectivity index (χ3n) is 2.18. The Balaban J connectivity index is 2.09. The summed E-state index contributed by atoms with van der Waals surface area (Å²) in [6.45, 7) is 0. The highest BCUT2D eigenvalue weighted by Gasteiger charge is 2.23. The van der Waals surface area contributed by atoms with Crippen molar-refractivity contribution in [3.63, 3.8) is 0 Å². The van der Waals surface area contributed by atoms with E-state index >= 15 is 0 Å². The lowest BCUT2D eigenvalue weighted by atomic mass is 10.2. The van der Waals surface area contributed by atoms with E-state index in [0.29, 0.717) is 17.4 Å². The Bertz CT molecular complexity index is 345. The molecule has 0 unspecified atom stereocenters. The summed E-state index contributed by atoms with van der Waals surface area (Å²) >= 11 is 0. The van der Waals surface area contributed by atoms with Gasteiger partial charge in [-0.05, 0) is 31.0 Å². The summed E-state index contributed by atoms with van der Waals surface area (Å²) in [5.74, 6) is 0.569. The molecule has 0 saturated heterocycles. The van der Waals surface area contributed by atoms with Crippen LogP contribution in [0.5, 0.6) is 5.75 Å². The number of hydrogen-bond acceptors (Lipinski definition) is 2. The van der Waals surface area contributed by atoms with Crippen LogP contribution in [0.25, 0.3) is 0 Å². The normalized spacial score (nSPS) is 14.9. The van der Waals surface area contributed by atoms with E-state index in [1.807, 2.05) is 0 Å². The predicted octanol–water partition coefficient (Wildman–Crippen LogP) is 1.75. The van der Waals surface area contributed by atoms with Crippen molar-refractivity contribution in [3.8, 4) is 5.75 Å². The van der Waals surface area contributed by atoms with Crippen molar-refractivity contribution in [2.75, 3.05) is 0 Å². The van der Waals surface area contributed by atoms with Crippen LogP contribution in [0, 0.1) is 7.11 Å². The first-order valence-corrected chi connectivity index (χ1v) is 4.62. The molecule has 0 aliphatic heterocycles. The van der Waals surface area contributed by atoms with E-state index in [2.05, 4.69) is 12.4 Å². The van der Waals surface area contributed by atoms with Crippen LogP contribution in [0.4, 0.5) is 0 Å². The summed E-state index contributed by atoms with van der Waals surface area (Å²) in [6, 6.07) is 7.38. The Labute approximate surface area is 83.1 Å². The van der Waals surface area contributed by atoms with Crippen LogP contribution in [0.15, 0.2) is 24.3 Å². The van der Waals surface area contributed by atoms with Crippen LogP contribution in [0.2, 0.25) is 0 Å². The Morgan fingerprint density at radius 1 is 1.50 bits per heavy atom. The van der Waals surface area contributed by atoms with Crippen LogP contribution < -0.4 is 10.1 Å². The average molecular weight is 190 g/mol. The first-order valence-electron chi connectivity index (χ1n) is 4.62. The van der Waals surface area contributed by atoms with Crippen molar-refractivity contribution in [3.05, 3.63) is 36.9 Å². The molecule has 0 aromatic heterocycles. The van der Waals surface area contributed by atoms with Crippen molar-refractivity contribution in [2.24, 2.45) is 0 Å².